The monoisotopic (exact) mass is 1260 g/mol. The van der Waals surface area contributed by atoms with E-state index >= 15 is 4.39 Å². The van der Waals surface area contributed by atoms with Crippen molar-refractivity contribution in [2.75, 3.05) is 50.6 Å². The number of aromatic amines is 1. The van der Waals surface area contributed by atoms with Gasteiger partial charge in [-0.3, -0.25) is 48.1 Å². The molecule has 4 aliphatic heterocycles. The van der Waals surface area contributed by atoms with Crippen LogP contribution >= 0.6 is 16.5 Å². The summed E-state index contributed by atoms with van der Waals surface area (Å²) in [4.78, 5) is 121. The molecule has 9 rings (SSSR count). The number of nitrogens with one attached hydrogen (secondary N) is 5. The number of H-pyrrole nitrogens is 1. The third kappa shape index (κ3) is 15.0. The van der Waals surface area contributed by atoms with Gasteiger partial charge in [-0.15, -0.1) is 18.1 Å². The summed E-state index contributed by atoms with van der Waals surface area (Å²) < 4.78 is 104. The highest BCUT2D eigenvalue weighted by atomic mass is 31.1. The quantitative estimate of drug-likeness (QED) is 0.0370. The van der Waals surface area contributed by atoms with Gasteiger partial charge in [0.2, 0.25) is 17.7 Å². The number of hydrogen-bond acceptors (Lipinski definition) is 23. The Morgan fingerprint density at radius 3 is 2.26 bits per heavy atom. The van der Waals surface area contributed by atoms with Crippen molar-refractivity contribution < 1.29 is 93.6 Å². The number of rotatable bonds is 20. The number of carbonyl (C=O) groups excluding carboxylic acids is 7. The minimum absolute atomic E-state index is 0.0582. The normalized spacial score (nSPS) is 23.8. The molecule has 4 aromatic heterocycles. The smallest absolute Gasteiger partial charge is 0.447 e. The minimum Gasteiger partial charge on any atom is -0.447 e. The van der Waals surface area contributed by atoms with Crippen LogP contribution in [0, 0.1) is 11.7 Å². The number of alkyl halides is 1. The molecule has 87 heavy (non-hydrogen) atoms. The maximum atomic E-state index is 16.5. The van der Waals surface area contributed by atoms with Crippen LogP contribution in [0.2, 0.25) is 0 Å². The lowest BCUT2D eigenvalue weighted by molar-refractivity contribution is -0.137. The van der Waals surface area contributed by atoms with Gasteiger partial charge in [-0.2, -0.15) is 0 Å². The summed E-state index contributed by atoms with van der Waals surface area (Å²) >= 11 is 0. The van der Waals surface area contributed by atoms with E-state index in [4.69, 9.17) is 37.0 Å². The summed E-state index contributed by atoms with van der Waals surface area (Å²) in [6.45, 7) is 3.26. The molecule has 8 heterocycles. The molecule has 0 radical (unpaired) electrons. The van der Waals surface area contributed by atoms with Gasteiger partial charge >= 0.3 is 28.7 Å². The van der Waals surface area contributed by atoms with Crippen molar-refractivity contribution in [3.63, 3.8) is 0 Å². The molecule has 0 aliphatic carbocycles. The van der Waals surface area contributed by atoms with Gasteiger partial charge in [0.1, 0.15) is 68.5 Å². The molecule has 7 amide bonds. The van der Waals surface area contributed by atoms with Gasteiger partial charge < -0.3 is 49.9 Å². The molecule has 1 aromatic carbocycles. The summed E-state index contributed by atoms with van der Waals surface area (Å²) in [5.41, 5.74) is -0.210. The Kier molecular flexibility index (Phi) is 20.4. The number of nitrogens with zero attached hydrogens (tertiary/aromatic N) is 8. The molecular weight excluding hydrogens is 1200 g/mol. The zero-order valence-electron chi connectivity index (χ0n) is 46.7. The van der Waals surface area contributed by atoms with Crippen LogP contribution in [0.15, 0.2) is 66.4 Å². The number of aliphatic hydroxyl groups excluding tert-OH is 1. The molecule has 6 N–H and O–H groups in total. The molecule has 4 aliphatic rings. The largest absolute Gasteiger partial charge is 0.698 e. The van der Waals surface area contributed by atoms with Crippen LogP contribution < -0.4 is 26.8 Å². The van der Waals surface area contributed by atoms with E-state index in [0.717, 1.165) is 44.1 Å². The molecule has 3 saturated heterocycles. The standard InChI is InChI=1S/C51H57F2N13O19P2/c1-25(2)37(61-32(67)8-6-5-7-15-64-33(68)13-14-34(64)69)47(73)59-26(3)45(71)60-28-11-9-27(10-12-28)19-79-51(75)63(4)16-17-78-50(74)62-42-38-44(56-22-54-42)66(24-58-38)48-36(53)40-31(83-48)21-81-87(77)85-41-39(70)30(20-80-86(76)84-40)82-49(41)65-18-29(52)35-43(65)55-23-57-46(35)72/h9-14,18,22-26,30-31,36-37,39-41,48-49,70H,5-8,15-17,19-21H2,1-4H3,(H3-2,54,55,56,57,59,60,61,62,67,71,72,73,74)/p+2/t26-,30+,31+,36+,37-,39+,40+,41+,48+,49?/m0/s1. The molecule has 464 valence electrons. The second kappa shape index (κ2) is 28.1. The topological polar surface area (TPSA) is 397 Å². The lowest BCUT2D eigenvalue weighted by Crippen LogP contribution is -2.53. The van der Waals surface area contributed by atoms with E-state index < -0.39 is 132 Å². The number of carbonyl (C=O) groups is 7. The number of amides is 7. The van der Waals surface area contributed by atoms with Crippen molar-refractivity contribution in [3.05, 3.63) is 83.3 Å². The van der Waals surface area contributed by atoms with E-state index in [1.807, 2.05) is 0 Å². The fourth-order valence-corrected chi connectivity index (χ4v) is 11.0. The van der Waals surface area contributed by atoms with Crippen LogP contribution in [0.1, 0.15) is 64.5 Å². The summed E-state index contributed by atoms with van der Waals surface area (Å²) in [6, 6.07) is 4.42. The first kappa shape index (κ1) is 63.3. The first-order valence-electron chi connectivity index (χ1n) is 27.1. The second-order valence-corrected chi connectivity index (χ2v) is 22.4. The first-order chi connectivity index (χ1) is 41.6. The van der Waals surface area contributed by atoms with Crippen molar-refractivity contribution in [2.24, 2.45) is 5.92 Å². The Bertz CT molecular complexity index is 3520. The van der Waals surface area contributed by atoms with Gasteiger partial charge in [0, 0.05) is 53.2 Å². The molecule has 12 atom stereocenters. The van der Waals surface area contributed by atoms with Crippen molar-refractivity contribution >= 4 is 91.9 Å². The SMILES string of the molecule is CC(C)[C@H](NC(=O)CCCCCN1C(=O)C=CC1=O)C(=O)N[C@@H](C)C(=O)Nc1ccc(COC(=O)N(C)CCOC(=O)Nc2ncnc3c2ncn3[C@@H]2O[C@@H]3CO[P+](=O)O[C@H]4C(n5cc(F)c6c(=O)[nH]cnc65)O[C@H](CO[P+](=O)O[C@H]3[C@H]2F)[C@H]4O)cc1. The number of imidazole rings is 1. The molecule has 3 fully saturated rings. The maximum Gasteiger partial charge on any atom is 0.698 e. The molecule has 3 unspecified atom stereocenters. The van der Waals surface area contributed by atoms with E-state index in [1.54, 1.807) is 38.1 Å². The van der Waals surface area contributed by atoms with Crippen molar-refractivity contribution in [1.82, 2.24) is 54.5 Å². The van der Waals surface area contributed by atoms with Gasteiger partial charge in [0.25, 0.3) is 17.4 Å². The van der Waals surface area contributed by atoms with Crippen LogP contribution in [0.4, 0.5) is 29.9 Å². The van der Waals surface area contributed by atoms with Gasteiger partial charge in [-0.1, -0.05) is 32.4 Å². The average molecular weight is 1260 g/mol. The number of fused-ring (bicyclic) bond motifs is 5. The third-order valence-corrected chi connectivity index (χ3v) is 15.7. The summed E-state index contributed by atoms with van der Waals surface area (Å²) in [5.74, 6) is -3.65. The van der Waals surface area contributed by atoms with Crippen LogP contribution in [-0.4, -0.2) is 179 Å². The molecule has 5 aromatic rings. The van der Waals surface area contributed by atoms with Gasteiger partial charge in [0.05, 0.1) is 19.2 Å². The predicted octanol–water partition coefficient (Wildman–Crippen LogP) is 3.22. The first-order valence-corrected chi connectivity index (χ1v) is 29.3. The van der Waals surface area contributed by atoms with Crippen molar-refractivity contribution in [2.45, 2.75) is 114 Å². The molecule has 2 bridgehead atoms. The summed E-state index contributed by atoms with van der Waals surface area (Å²) in [5, 5.41) is 21.2. The molecule has 36 heteroatoms. The third-order valence-electron chi connectivity index (χ3n) is 14.1. The Balaban J connectivity index is 0.700. The van der Waals surface area contributed by atoms with E-state index in [1.165, 1.54) is 26.1 Å². The zero-order valence-corrected chi connectivity index (χ0v) is 48.5. The van der Waals surface area contributed by atoms with Gasteiger partial charge in [-0.05, 0) is 43.4 Å². The number of hydrogen-bond donors (Lipinski definition) is 6. The van der Waals surface area contributed by atoms with Crippen molar-refractivity contribution in [1.29, 1.82) is 0 Å². The Morgan fingerprint density at radius 1 is 0.839 bits per heavy atom. The number of anilines is 2. The van der Waals surface area contributed by atoms with E-state index in [0.29, 0.717) is 30.5 Å². The maximum absolute atomic E-state index is 16.5. The number of halogens is 2. The Labute approximate surface area is 492 Å². The Morgan fingerprint density at radius 2 is 1.54 bits per heavy atom. The minimum atomic E-state index is -3.19. The number of aliphatic hydroxyl groups is 1. The lowest BCUT2D eigenvalue weighted by Gasteiger charge is -2.24. The fraction of sp³-hybridized carbons (Fsp3) is 0.490. The van der Waals surface area contributed by atoms with E-state index in [9.17, 15) is 57.0 Å². The zero-order chi connectivity index (χ0) is 62.2. The fourth-order valence-electron chi connectivity index (χ4n) is 9.49. The molecular formula is C51H59F2N13O19P2+2. The van der Waals surface area contributed by atoms with Gasteiger partial charge in [0.15, 0.2) is 59.3 Å². The van der Waals surface area contributed by atoms with Crippen LogP contribution in [-0.2, 0) is 76.8 Å². The number of likely N-dealkylation sites (N-methyl/N-ethyl adjacent to an activating group) is 1. The lowest BCUT2D eigenvalue weighted by atomic mass is 10.0. The van der Waals surface area contributed by atoms with E-state index in [2.05, 4.69) is 46.2 Å². The summed E-state index contributed by atoms with van der Waals surface area (Å²) in [7, 11) is -4.98. The number of imide groups is 1. The van der Waals surface area contributed by atoms with Crippen molar-refractivity contribution in [3.8, 4) is 0 Å². The summed E-state index contributed by atoms with van der Waals surface area (Å²) in [6.07, 6.45) is -6.64. The van der Waals surface area contributed by atoms with Crippen LogP contribution in [0.5, 0.6) is 0 Å². The van der Waals surface area contributed by atoms with E-state index in [-0.39, 0.29) is 79.0 Å². The highest BCUT2D eigenvalue weighted by Gasteiger charge is 2.57. The van der Waals surface area contributed by atoms with Crippen LogP contribution in [0.3, 0.4) is 0 Å². The average Bonchev–Trinajstić information content (AvgIpc) is 1.89. The molecule has 0 saturated carbocycles. The molecule has 0 spiro atoms. The highest BCUT2D eigenvalue weighted by Crippen LogP contribution is 2.45. The van der Waals surface area contributed by atoms with Crippen LogP contribution in [0.25, 0.3) is 22.2 Å². The number of unbranched alkanes of at least 4 members (excludes halogenated alkanes) is 2. The second-order valence-electron chi connectivity index (χ2n) is 20.5. The number of benzene rings is 1. The Hall–Kier alpha value is -8.20. The number of ether oxygens (including phenoxy) is 4. The highest BCUT2D eigenvalue weighted by molar-refractivity contribution is 7.33. The number of aromatic nitrogens is 7. The predicted molar refractivity (Wildman–Crippen MR) is 293 cm³/mol. The molecule has 32 nitrogen and oxygen atoms in total. The van der Waals surface area contributed by atoms with Gasteiger partial charge in [-0.25, -0.2) is 38.3 Å².